The third-order valence-corrected chi connectivity index (χ3v) is 3.90. The minimum Gasteiger partial charge on any atom is -0.423 e. The lowest BCUT2D eigenvalue weighted by molar-refractivity contribution is 0.101. The minimum atomic E-state index is -1.90. The third kappa shape index (κ3) is 4.61. The summed E-state index contributed by atoms with van der Waals surface area (Å²) in [5.74, 6) is -0.919. The fourth-order valence-electron chi connectivity index (χ4n) is 2.57. The van der Waals surface area contributed by atoms with Crippen LogP contribution in [0.5, 0.6) is 0 Å². The van der Waals surface area contributed by atoms with Crippen LogP contribution >= 0.6 is 0 Å². The van der Waals surface area contributed by atoms with Gasteiger partial charge < -0.3 is 20.7 Å². The predicted octanol–water partition coefficient (Wildman–Crippen LogP) is 1.87. The number of carbonyl (C=O) groups excluding carboxylic acids is 2. The van der Waals surface area contributed by atoms with E-state index in [2.05, 4.69) is 10.6 Å². The van der Waals surface area contributed by atoms with Gasteiger partial charge in [-0.2, -0.15) is 0 Å². The van der Waals surface area contributed by atoms with Crippen LogP contribution in [0.15, 0.2) is 78.9 Å². The second-order valence-corrected chi connectivity index (χ2v) is 5.82. The molecule has 134 valence electrons. The van der Waals surface area contributed by atoms with E-state index in [4.69, 9.17) is 0 Å². The first-order chi connectivity index (χ1) is 13.0. The van der Waals surface area contributed by atoms with Gasteiger partial charge in [-0.05, 0) is 47.9 Å². The van der Waals surface area contributed by atoms with Crippen LogP contribution in [0.25, 0.3) is 0 Å². The molecule has 3 rings (SSSR count). The molecule has 6 nitrogen and oxygen atoms in total. The predicted molar refractivity (Wildman–Crippen MR) is 105 cm³/mol. The number of para-hydroxylation sites is 2. The van der Waals surface area contributed by atoms with Crippen molar-refractivity contribution in [1.29, 1.82) is 0 Å². The number of nitrogens with one attached hydrogen (secondary N) is 2. The average molecular weight is 360 g/mol. The van der Waals surface area contributed by atoms with Gasteiger partial charge in [-0.25, -0.2) is 0 Å². The van der Waals surface area contributed by atoms with Crippen LogP contribution < -0.4 is 16.1 Å². The van der Waals surface area contributed by atoms with Crippen LogP contribution in [0.2, 0.25) is 0 Å². The van der Waals surface area contributed by atoms with Gasteiger partial charge in [-0.1, -0.05) is 36.4 Å². The second kappa shape index (κ2) is 8.31. The van der Waals surface area contributed by atoms with E-state index < -0.39 is 18.9 Å². The highest BCUT2D eigenvalue weighted by Crippen LogP contribution is 2.12. The highest BCUT2D eigenvalue weighted by atomic mass is 16.4. The van der Waals surface area contributed by atoms with Crippen LogP contribution in [-0.4, -0.2) is 29.0 Å². The SMILES string of the molecule is O=C(Nc1ccccc1)c1ccc(C(=O)Nc2ccccc2)c(B(O)O)c1. The zero-order valence-corrected chi connectivity index (χ0v) is 14.3. The van der Waals surface area contributed by atoms with Crippen LogP contribution in [0.3, 0.4) is 0 Å². The number of hydrogen-bond donors (Lipinski definition) is 4. The van der Waals surface area contributed by atoms with E-state index >= 15 is 0 Å². The summed E-state index contributed by atoms with van der Waals surface area (Å²) in [6, 6.07) is 21.8. The van der Waals surface area contributed by atoms with Crippen molar-refractivity contribution in [2.45, 2.75) is 0 Å². The summed E-state index contributed by atoms with van der Waals surface area (Å²) in [7, 11) is -1.90. The molecule has 0 spiro atoms. The Labute approximate surface area is 156 Å². The summed E-state index contributed by atoms with van der Waals surface area (Å²) in [5.41, 5.74) is 1.42. The molecule has 0 unspecified atom stereocenters. The Bertz CT molecular complexity index is 947. The number of amides is 2. The van der Waals surface area contributed by atoms with Crippen molar-refractivity contribution in [2.75, 3.05) is 10.6 Å². The van der Waals surface area contributed by atoms with Gasteiger partial charge in [0, 0.05) is 22.5 Å². The molecule has 0 saturated heterocycles. The number of carbonyl (C=O) groups is 2. The topological polar surface area (TPSA) is 98.7 Å². The van der Waals surface area contributed by atoms with E-state index in [0.717, 1.165) is 0 Å². The van der Waals surface area contributed by atoms with Crippen molar-refractivity contribution in [3.63, 3.8) is 0 Å². The van der Waals surface area contributed by atoms with Crippen molar-refractivity contribution in [3.05, 3.63) is 90.0 Å². The molecular formula is C20H17BN2O4. The lowest BCUT2D eigenvalue weighted by Gasteiger charge is -2.12. The monoisotopic (exact) mass is 360 g/mol. The lowest BCUT2D eigenvalue weighted by atomic mass is 9.76. The fourth-order valence-corrected chi connectivity index (χ4v) is 2.57. The summed E-state index contributed by atoms with van der Waals surface area (Å²) >= 11 is 0. The van der Waals surface area contributed by atoms with Crippen molar-refractivity contribution in [1.82, 2.24) is 0 Å². The molecule has 0 aliphatic rings. The smallest absolute Gasteiger partial charge is 0.423 e. The van der Waals surface area contributed by atoms with Crippen molar-refractivity contribution >= 4 is 35.8 Å². The van der Waals surface area contributed by atoms with Crippen LogP contribution in [-0.2, 0) is 0 Å². The van der Waals surface area contributed by atoms with Crippen LogP contribution in [0.1, 0.15) is 20.7 Å². The highest BCUT2D eigenvalue weighted by Gasteiger charge is 2.22. The van der Waals surface area contributed by atoms with Crippen LogP contribution in [0.4, 0.5) is 11.4 Å². The Hall–Kier alpha value is -3.42. The van der Waals surface area contributed by atoms with E-state index in [1.165, 1.54) is 18.2 Å². The zero-order valence-electron chi connectivity index (χ0n) is 14.3. The lowest BCUT2D eigenvalue weighted by Crippen LogP contribution is -2.37. The zero-order chi connectivity index (χ0) is 19.2. The molecule has 0 radical (unpaired) electrons. The molecule has 0 atom stereocenters. The van der Waals surface area contributed by atoms with E-state index in [0.29, 0.717) is 11.4 Å². The van der Waals surface area contributed by atoms with Gasteiger partial charge in [-0.15, -0.1) is 0 Å². The maximum Gasteiger partial charge on any atom is 0.489 e. The Morgan fingerprint density at radius 2 is 1.22 bits per heavy atom. The summed E-state index contributed by atoms with van der Waals surface area (Å²) < 4.78 is 0. The number of rotatable bonds is 5. The van der Waals surface area contributed by atoms with Crippen LogP contribution in [0, 0.1) is 0 Å². The van der Waals surface area contributed by atoms with E-state index in [1.54, 1.807) is 48.5 Å². The van der Waals surface area contributed by atoms with Crippen molar-refractivity contribution in [3.8, 4) is 0 Å². The molecule has 0 aliphatic carbocycles. The minimum absolute atomic E-state index is 0.0517. The summed E-state index contributed by atoms with van der Waals surface area (Å²) in [4.78, 5) is 24.9. The molecular weight excluding hydrogens is 343 g/mol. The van der Waals surface area contributed by atoms with Gasteiger partial charge in [0.05, 0.1) is 0 Å². The Morgan fingerprint density at radius 1 is 0.704 bits per heavy atom. The highest BCUT2D eigenvalue weighted by molar-refractivity contribution is 6.60. The Kier molecular flexibility index (Phi) is 5.66. The third-order valence-electron chi connectivity index (χ3n) is 3.90. The molecule has 0 heterocycles. The Balaban J connectivity index is 1.84. The van der Waals surface area contributed by atoms with E-state index in [-0.39, 0.29) is 16.6 Å². The molecule has 0 saturated carbocycles. The largest absolute Gasteiger partial charge is 0.489 e. The van der Waals surface area contributed by atoms with Gasteiger partial charge >= 0.3 is 7.12 Å². The number of anilines is 2. The molecule has 0 bridgehead atoms. The van der Waals surface area contributed by atoms with Gasteiger partial charge in [0.1, 0.15) is 0 Å². The fraction of sp³-hybridized carbons (Fsp3) is 0. The maximum atomic E-state index is 12.5. The Morgan fingerprint density at radius 3 is 1.74 bits per heavy atom. The first-order valence-corrected chi connectivity index (χ1v) is 8.27. The van der Waals surface area contributed by atoms with Gasteiger partial charge in [0.15, 0.2) is 0 Å². The van der Waals surface area contributed by atoms with Gasteiger partial charge in [0.25, 0.3) is 11.8 Å². The summed E-state index contributed by atoms with van der Waals surface area (Å²) in [5, 5.41) is 24.7. The summed E-state index contributed by atoms with van der Waals surface area (Å²) in [6.45, 7) is 0. The normalized spacial score (nSPS) is 10.1. The number of benzene rings is 3. The first-order valence-electron chi connectivity index (χ1n) is 8.27. The summed E-state index contributed by atoms with van der Waals surface area (Å²) in [6.07, 6.45) is 0. The van der Waals surface area contributed by atoms with Gasteiger partial charge in [-0.3, -0.25) is 9.59 Å². The standard InChI is InChI=1S/C20H17BN2O4/c24-19(22-15-7-3-1-4-8-15)14-11-12-17(18(13-14)21(26)27)20(25)23-16-9-5-2-6-10-16/h1-13,26-27H,(H,22,24)(H,23,25). The molecule has 0 fully saturated rings. The molecule has 4 N–H and O–H groups in total. The van der Waals surface area contributed by atoms with Gasteiger partial charge in [0.2, 0.25) is 0 Å². The van der Waals surface area contributed by atoms with Crippen molar-refractivity contribution < 1.29 is 19.6 Å². The molecule has 7 heteroatoms. The molecule has 27 heavy (non-hydrogen) atoms. The quantitative estimate of drug-likeness (QED) is 0.522. The first kappa shape index (κ1) is 18.4. The number of hydrogen-bond acceptors (Lipinski definition) is 4. The molecule has 0 aliphatic heterocycles. The molecule has 3 aromatic rings. The molecule has 3 aromatic carbocycles. The average Bonchev–Trinajstić information content (AvgIpc) is 2.69. The molecule has 2 amide bonds. The van der Waals surface area contributed by atoms with E-state index in [1.807, 2.05) is 12.1 Å². The van der Waals surface area contributed by atoms with Crippen molar-refractivity contribution in [2.24, 2.45) is 0 Å². The second-order valence-electron chi connectivity index (χ2n) is 5.82. The van der Waals surface area contributed by atoms with E-state index in [9.17, 15) is 19.6 Å². The maximum absolute atomic E-state index is 12.5. The molecule has 0 aromatic heterocycles.